The van der Waals surface area contributed by atoms with Gasteiger partial charge in [0.25, 0.3) is 5.91 Å². The quantitative estimate of drug-likeness (QED) is 0.690. The van der Waals surface area contributed by atoms with E-state index in [0.717, 1.165) is 0 Å². The Morgan fingerprint density at radius 1 is 1.21 bits per heavy atom. The Labute approximate surface area is 143 Å². The van der Waals surface area contributed by atoms with Gasteiger partial charge in [-0.1, -0.05) is 41.0 Å². The molecule has 0 saturated carbocycles. The number of benzene rings is 2. The molecule has 3 aromatic rings. The van der Waals surface area contributed by atoms with Crippen molar-refractivity contribution in [2.45, 2.75) is 6.92 Å². The van der Waals surface area contributed by atoms with E-state index in [9.17, 15) is 9.18 Å². The Balaban J connectivity index is 2.05. The van der Waals surface area contributed by atoms with Crippen molar-refractivity contribution in [2.75, 3.05) is 11.9 Å². The van der Waals surface area contributed by atoms with Gasteiger partial charge in [0.2, 0.25) is 0 Å². The Hall–Kier alpha value is -2.66. The molecule has 0 atom stereocenters. The van der Waals surface area contributed by atoms with Crippen LogP contribution in [-0.4, -0.2) is 18.1 Å². The van der Waals surface area contributed by atoms with Crippen LogP contribution in [0.25, 0.3) is 11.3 Å². The number of carbonyl (C=O) groups is 1. The predicted molar refractivity (Wildman–Crippen MR) is 90.8 cm³/mol. The van der Waals surface area contributed by atoms with E-state index in [1.807, 2.05) is 0 Å². The smallest absolute Gasteiger partial charge is 0.263 e. The highest BCUT2D eigenvalue weighted by atomic mass is 35.5. The van der Waals surface area contributed by atoms with Crippen molar-refractivity contribution in [3.8, 4) is 11.3 Å². The minimum atomic E-state index is -0.416. The zero-order valence-electron chi connectivity index (χ0n) is 13.1. The highest BCUT2D eigenvalue weighted by Gasteiger charge is 2.26. The molecule has 3 rings (SSSR count). The molecule has 0 N–H and O–H groups in total. The molecule has 0 aliphatic carbocycles. The normalized spacial score (nSPS) is 10.7. The topological polar surface area (TPSA) is 46.3 Å². The summed E-state index contributed by atoms with van der Waals surface area (Å²) in [7, 11) is 1.57. The van der Waals surface area contributed by atoms with E-state index in [2.05, 4.69) is 5.16 Å². The third-order valence-corrected chi connectivity index (χ3v) is 4.04. The van der Waals surface area contributed by atoms with Gasteiger partial charge in [0.05, 0.1) is 5.02 Å². The molecule has 0 spiro atoms. The summed E-state index contributed by atoms with van der Waals surface area (Å²) in [5.74, 6) is -0.395. The fraction of sp³-hybridized carbons (Fsp3) is 0.111. The van der Waals surface area contributed by atoms with E-state index in [-0.39, 0.29) is 5.91 Å². The van der Waals surface area contributed by atoms with Crippen molar-refractivity contribution in [3.05, 3.63) is 70.7 Å². The van der Waals surface area contributed by atoms with Crippen molar-refractivity contribution < 1.29 is 13.7 Å². The number of carbonyl (C=O) groups excluding carboxylic acids is 1. The molecule has 1 aromatic heterocycles. The van der Waals surface area contributed by atoms with Gasteiger partial charge in [0, 0.05) is 18.3 Å². The first kappa shape index (κ1) is 16.2. The van der Waals surface area contributed by atoms with E-state index in [0.29, 0.717) is 33.3 Å². The van der Waals surface area contributed by atoms with Crippen LogP contribution in [0.3, 0.4) is 0 Å². The van der Waals surface area contributed by atoms with Gasteiger partial charge in [-0.2, -0.15) is 0 Å². The summed E-state index contributed by atoms with van der Waals surface area (Å²) in [6.45, 7) is 1.65. The summed E-state index contributed by atoms with van der Waals surface area (Å²) < 4.78 is 18.6. The maximum atomic E-state index is 13.4. The molecule has 2 aromatic carbocycles. The van der Waals surface area contributed by atoms with Crippen LogP contribution >= 0.6 is 11.6 Å². The summed E-state index contributed by atoms with van der Waals surface area (Å²) in [5, 5.41) is 4.45. The highest BCUT2D eigenvalue weighted by Crippen LogP contribution is 2.32. The zero-order valence-corrected chi connectivity index (χ0v) is 13.8. The number of anilines is 1. The van der Waals surface area contributed by atoms with Gasteiger partial charge < -0.3 is 9.42 Å². The lowest BCUT2D eigenvalue weighted by molar-refractivity contribution is 0.0992. The third-order valence-electron chi connectivity index (χ3n) is 3.71. The Morgan fingerprint density at radius 2 is 1.96 bits per heavy atom. The number of rotatable bonds is 3. The van der Waals surface area contributed by atoms with Crippen molar-refractivity contribution >= 4 is 23.2 Å². The van der Waals surface area contributed by atoms with Gasteiger partial charge in [-0.3, -0.25) is 4.79 Å². The summed E-state index contributed by atoms with van der Waals surface area (Å²) >= 11 is 6.21. The second-order valence-electron chi connectivity index (χ2n) is 5.29. The van der Waals surface area contributed by atoms with Crippen molar-refractivity contribution in [1.29, 1.82) is 0 Å². The Kier molecular flexibility index (Phi) is 4.36. The van der Waals surface area contributed by atoms with E-state index >= 15 is 0 Å². The fourth-order valence-corrected chi connectivity index (χ4v) is 2.66. The Morgan fingerprint density at radius 3 is 2.67 bits per heavy atom. The van der Waals surface area contributed by atoms with Gasteiger partial charge >= 0.3 is 0 Å². The maximum Gasteiger partial charge on any atom is 0.263 e. The van der Waals surface area contributed by atoms with Crippen LogP contribution in [-0.2, 0) is 0 Å². The average Bonchev–Trinajstić information content (AvgIpc) is 2.95. The van der Waals surface area contributed by atoms with Crippen LogP contribution in [0.2, 0.25) is 5.02 Å². The number of aryl methyl sites for hydroxylation is 1. The van der Waals surface area contributed by atoms with Crippen LogP contribution < -0.4 is 4.90 Å². The molecule has 4 nitrogen and oxygen atoms in total. The molecule has 0 aliphatic rings. The lowest BCUT2D eigenvalue weighted by atomic mass is 10.0. The molecule has 0 aliphatic heterocycles. The van der Waals surface area contributed by atoms with Crippen LogP contribution in [0.15, 0.2) is 53.1 Å². The van der Waals surface area contributed by atoms with E-state index in [1.165, 1.54) is 17.0 Å². The standard InChI is InChI=1S/C18H14ClFN2O2/c1-11-16(17(21-24-11)14-8-3-4-9-15(14)19)18(23)22(2)13-7-5-6-12(20)10-13/h3-10H,1-2H3. The lowest BCUT2D eigenvalue weighted by Gasteiger charge is -2.17. The predicted octanol–water partition coefficient (Wildman–Crippen LogP) is 4.72. The minimum absolute atomic E-state index is 0.301. The number of amides is 1. The van der Waals surface area contributed by atoms with Crippen molar-refractivity contribution in [3.63, 3.8) is 0 Å². The van der Waals surface area contributed by atoms with Gasteiger partial charge in [-0.15, -0.1) is 0 Å². The van der Waals surface area contributed by atoms with Crippen LogP contribution in [0.4, 0.5) is 10.1 Å². The third kappa shape index (κ3) is 2.90. The van der Waals surface area contributed by atoms with E-state index in [1.54, 1.807) is 50.4 Å². The minimum Gasteiger partial charge on any atom is -0.360 e. The summed E-state index contributed by atoms with van der Waals surface area (Å²) in [6.07, 6.45) is 0. The Bertz CT molecular complexity index is 908. The summed E-state index contributed by atoms with van der Waals surface area (Å²) in [5.41, 5.74) is 1.71. The molecule has 1 amide bonds. The fourth-order valence-electron chi connectivity index (χ4n) is 2.43. The first-order valence-electron chi connectivity index (χ1n) is 7.24. The van der Waals surface area contributed by atoms with Crippen molar-refractivity contribution in [2.24, 2.45) is 0 Å². The van der Waals surface area contributed by atoms with Gasteiger partial charge in [0.1, 0.15) is 22.8 Å². The molecule has 24 heavy (non-hydrogen) atoms. The number of halogens is 2. The molecule has 1 heterocycles. The molecule has 122 valence electrons. The summed E-state index contributed by atoms with van der Waals surface area (Å²) in [4.78, 5) is 14.3. The molecule has 0 bridgehead atoms. The SMILES string of the molecule is Cc1onc(-c2ccccc2Cl)c1C(=O)N(C)c1cccc(F)c1. The second kappa shape index (κ2) is 6.45. The lowest BCUT2D eigenvalue weighted by Crippen LogP contribution is -2.27. The number of hydrogen-bond acceptors (Lipinski definition) is 3. The summed E-state index contributed by atoms with van der Waals surface area (Å²) in [6, 6.07) is 12.9. The van der Waals surface area contributed by atoms with Crippen LogP contribution in [0.1, 0.15) is 16.1 Å². The molecule has 0 unspecified atom stereocenters. The second-order valence-corrected chi connectivity index (χ2v) is 5.69. The molecular formula is C18H14ClFN2O2. The number of hydrogen-bond donors (Lipinski definition) is 0. The van der Waals surface area contributed by atoms with Gasteiger partial charge in [-0.05, 0) is 31.2 Å². The molecule has 6 heteroatoms. The van der Waals surface area contributed by atoms with Crippen molar-refractivity contribution in [1.82, 2.24) is 5.16 Å². The van der Waals surface area contributed by atoms with Gasteiger partial charge in [-0.25, -0.2) is 4.39 Å². The molecule has 0 saturated heterocycles. The van der Waals surface area contributed by atoms with E-state index in [4.69, 9.17) is 16.1 Å². The zero-order chi connectivity index (χ0) is 17.3. The molecular weight excluding hydrogens is 331 g/mol. The van der Waals surface area contributed by atoms with E-state index < -0.39 is 5.82 Å². The largest absolute Gasteiger partial charge is 0.360 e. The first-order chi connectivity index (χ1) is 11.5. The number of nitrogens with zero attached hydrogens (tertiary/aromatic N) is 2. The molecule has 0 radical (unpaired) electrons. The van der Waals surface area contributed by atoms with Gasteiger partial charge in [0.15, 0.2) is 0 Å². The van der Waals surface area contributed by atoms with Crippen LogP contribution in [0.5, 0.6) is 0 Å². The van der Waals surface area contributed by atoms with Crippen LogP contribution in [0, 0.1) is 12.7 Å². The molecule has 0 fully saturated rings. The first-order valence-corrected chi connectivity index (χ1v) is 7.61. The average molecular weight is 345 g/mol. The highest BCUT2D eigenvalue weighted by molar-refractivity contribution is 6.33. The number of aromatic nitrogens is 1. The maximum absolute atomic E-state index is 13.4. The monoisotopic (exact) mass is 344 g/mol.